The summed E-state index contributed by atoms with van der Waals surface area (Å²) in [5.41, 5.74) is 3.02. The molecule has 0 aliphatic carbocycles. The van der Waals surface area contributed by atoms with Gasteiger partial charge in [-0.25, -0.2) is 8.42 Å². The molecule has 3 aromatic rings. The standard InChI is InChI=1S/C25H23N3O3S/c26-18-22-8-4-5-9-24(22)32(30,31)28-16-14-21(15-17-28)25(29)27-23-12-10-20(11-13-23)19-6-2-1-3-7-19/h1-13,21H,14-17H2,(H,27,29). The minimum atomic E-state index is -3.76. The monoisotopic (exact) mass is 445 g/mol. The fraction of sp³-hybridized carbons (Fsp3) is 0.200. The van der Waals surface area contributed by atoms with E-state index in [1.807, 2.05) is 60.7 Å². The average Bonchev–Trinajstić information content (AvgIpc) is 2.85. The van der Waals surface area contributed by atoms with E-state index >= 15 is 0 Å². The van der Waals surface area contributed by atoms with E-state index in [0.717, 1.165) is 11.1 Å². The van der Waals surface area contributed by atoms with Gasteiger partial charge in [0.2, 0.25) is 15.9 Å². The first-order valence-corrected chi connectivity index (χ1v) is 11.9. The van der Waals surface area contributed by atoms with Crippen molar-refractivity contribution in [1.29, 1.82) is 5.26 Å². The summed E-state index contributed by atoms with van der Waals surface area (Å²) < 4.78 is 27.3. The zero-order valence-corrected chi connectivity index (χ0v) is 18.3. The molecule has 1 heterocycles. The van der Waals surface area contributed by atoms with Gasteiger partial charge in [-0.05, 0) is 48.2 Å². The van der Waals surface area contributed by atoms with Crippen molar-refractivity contribution < 1.29 is 13.2 Å². The molecule has 4 rings (SSSR count). The predicted octanol–water partition coefficient (Wildman–Crippen LogP) is 4.26. The third-order valence-corrected chi connectivity index (χ3v) is 7.67. The van der Waals surface area contributed by atoms with E-state index in [0.29, 0.717) is 18.5 Å². The number of carbonyl (C=O) groups excluding carboxylic acids is 1. The highest BCUT2D eigenvalue weighted by Gasteiger charge is 2.33. The number of nitrogens with one attached hydrogen (secondary N) is 1. The number of piperidine rings is 1. The second kappa shape index (κ2) is 9.35. The van der Waals surface area contributed by atoms with Crippen molar-refractivity contribution >= 4 is 21.6 Å². The molecule has 0 bridgehead atoms. The molecule has 7 heteroatoms. The Morgan fingerprint density at radius 3 is 2.12 bits per heavy atom. The maximum atomic E-state index is 13.0. The van der Waals surface area contributed by atoms with Crippen LogP contribution in [0.3, 0.4) is 0 Å². The average molecular weight is 446 g/mol. The van der Waals surface area contributed by atoms with Crippen molar-refractivity contribution in [1.82, 2.24) is 4.31 Å². The van der Waals surface area contributed by atoms with Crippen LogP contribution in [0.4, 0.5) is 5.69 Å². The van der Waals surface area contributed by atoms with Gasteiger partial charge >= 0.3 is 0 Å². The summed E-state index contributed by atoms with van der Waals surface area (Å²) in [4.78, 5) is 12.7. The lowest BCUT2D eigenvalue weighted by atomic mass is 9.97. The first-order chi connectivity index (χ1) is 15.5. The topological polar surface area (TPSA) is 90.3 Å². The number of hydrogen-bond donors (Lipinski definition) is 1. The molecule has 1 saturated heterocycles. The number of nitriles is 1. The number of amides is 1. The summed E-state index contributed by atoms with van der Waals surface area (Å²) in [6.07, 6.45) is 0.865. The Hall–Kier alpha value is -3.47. The molecule has 1 aliphatic rings. The molecule has 0 radical (unpaired) electrons. The van der Waals surface area contributed by atoms with Gasteiger partial charge in [0.15, 0.2) is 0 Å². The molecule has 6 nitrogen and oxygen atoms in total. The quantitative estimate of drug-likeness (QED) is 0.635. The molecule has 1 N–H and O–H groups in total. The summed E-state index contributed by atoms with van der Waals surface area (Å²) in [5.74, 6) is -0.367. The molecule has 0 spiro atoms. The minimum absolute atomic E-state index is 0.0175. The first-order valence-electron chi connectivity index (χ1n) is 10.4. The molecule has 1 amide bonds. The molecule has 162 valence electrons. The zero-order chi connectivity index (χ0) is 22.6. The second-order valence-corrected chi connectivity index (χ2v) is 9.63. The van der Waals surface area contributed by atoms with Gasteiger partial charge in [-0.2, -0.15) is 9.57 Å². The van der Waals surface area contributed by atoms with E-state index in [1.165, 1.54) is 16.4 Å². The van der Waals surface area contributed by atoms with E-state index in [2.05, 4.69) is 5.32 Å². The molecule has 0 saturated carbocycles. The fourth-order valence-corrected chi connectivity index (χ4v) is 5.51. The molecule has 1 fully saturated rings. The zero-order valence-electron chi connectivity index (χ0n) is 17.4. The van der Waals surface area contributed by atoms with Crippen LogP contribution in [0.2, 0.25) is 0 Å². The Bertz CT molecular complexity index is 1240. The van der Waals surface area contributed by atoms with Gasteiger partial charge in [-0.15, -0.1) is 0 Å². The van der Waals surface area contributed by atoms with Crippen LogP contribution in [0.25, 0.3) is 11.1 Å². The largest absolute Gasteiger partial charge is 0.326 e. The number of nitrogens with zero attached hydrogens (tertiary/aromatic N) is 2. The Morgan fingerprint density at radius 2 is 1.47 bits per heavy atom. The number of sulfonamides is 1. The van der Waals surface area contributed by atoms with Gasteiger partial charge in [0, 0.05) is 24.7 Å². The van der Waals surface area contributed by atoms with Crippen LogP contribution in [0.1, 0.15) is 18.4 Å². The maximum Gasteiger partial charge on any atom is 0.244 e. The van der Waals surface area contributed by atoms with Crippen LogP contribution in [0, 0.1) is 17.2 Å². The van der Waals surface area contributed by atoms with Crippen molar-refractivity contribution in [3.63, 3.8) is 0 Å². The summed E-state index contributed by atoms with van der Waals surface area (Å²) in [5, 5.41) is 12.2. The minimum Gasteiger partial charge on any atom is -0.326 e. The van der Waals surface area contributed by atoms with E-state index in [9.17, 15) is 18.5 Å². The van der Waals surface area contributed by atoms with Crippen LogP contribution in [0.5, 0.6) is 0 Å². The second-order valence-electron chi connectivity index (χ2n) is 7.72. The molecule has 0 aromatic heterocycles. The predicted molar refractivity (Wildman–Crippen MR) is 123 cm³/mol. The number of benzene rings is 3. The van der Waals surface area contributed by atoms with Gasteiger partial charge in [-0.1, -0.05) is 54.6 Å². The lowest BCUT2D eigenvalue weighted by Crippen LogP contribution is -2.41. The van der Waals surface area contributed by atoms with Gasteiger partial charge in [-0.3, -0.25) is 4.79 Å². The Labute approximate surface area is 188 Å². The summed E-state index contributed by atoms with van der Waals surface area (Å²) in [6.45, 7) is 0.486. The van der Waals surface area contributed by atoms with E-state index in [-0.39, 0.29) is 35.4 Å². The smallest absolute Gasteiger partial charge is 0.244 e. The number of rotatable bonds is 5. The summed E-state index contributed by atoms with van der Waals surface area (Å²) in [7, 11) is -3.76. The SMILES string of the molecule is N#Cc1ccccc1S(=O)(=O)N1CCC(C(=O)Nc2ccc(-c3ccccc3)cc2)CC1. The van der Waals surface area contributed by atoms with Crippen LogP contribution in [0.15, 0.2) is 83.8 Å². The van der Waals surface area contributed by atoms with E-state index in [4.69, 9.17) is 0 Å². The first kappa shape index (κ1) is 21.8. The third-order valence-electron chi connectivity index (χ3n) is 5.71. The van der Waals surface area contributed by atoms with Crippen LogP contribution in [-0.4, -0.2) is 31.7 Å². The van der Waals surface area contributed by atoms with Crippen LogP contribution < -0.4 is 5.32 Å². The summed E-state index contributed by atoms with van der Waals surface area (Å²) >= 11 is 0. The molecule has 0 atom stereocenters. The lowest BCUT2D eigenvalue weighted by molar-refractivity contribution is -0.120. The van der Waals surface area contributed by atoms with Crippen LogP contribution in [-0.2, 0) is 14.8 Å². The van der Waals surface area contributed by atoms with Gasteiger partial charge in [0.25, 0.3) is 0 Å². The number of hydrogen-bond acceptors (Lipinski definition) is 4. The fourth-order valence-electron chi connectivity index (χ4n) is 3.90. The lowest BCUT2D eigenvalue weighted by Gasteiger charge is -2.30. The van der Waals surface area contributed by atoms with Crippen molar-refractivity contribution in [3.8, 4) is 17.2 Å². The van der Waals surface area contributed by atoms with Crippen molar-refractivity contribution in [2.75, 3.05) is 18.4 Å². The highest BCUT2D eigenvalue weighted by atomic mass is 32.2. The Balaban J connectivity index is 1.37. The summed E-state index contributed by atoms with van der Waals surface area (Å²) in [6, 6.07) is 25.8. The third kappa shape index (κ3) is 4.57. The van der Waals surface area contributed by atoms with Gasteiger partial charge in [0.05, 0.1) is 10.5 Å². The van der Waals surface area contributed by atoms with Gasteiger partial charge in [0.1, 0.15) is 6.07 Å². The normalized spacial score (nSPS) is 15.1. The highest BCUT2D eigenvalue weighted by Crippen LogP contribution is 2.27. The van der Waals surface area contributed by atoms with Crippen LogP contribution >= 0.6 is 0 Å². The Morgan fingerprint density at radius 1 is 0.875 bits per heavy atom. The van der Waals surface area contributed by atoms with Crippen molar-refractivity contribution in [3.05, 3.63) is 84.4 Å². The number of carbonyl (C=O) groups is 1. The molecular formula is C25H23N3O3S. The molecule has 1 aliphatic heterocycles. The van der Waals surface area contributed by atoms with Gasteiger partial charge < -0.3 is 5.32 Å². The van der Waals surface area contributed by atoms with Crippen molar-refractivity contribution in [2.45, 2.75) is 17.7 Å². The maximum absolute atomic E-state index is 13.0. The molecule has 3 aromatic carbocycles. The molecule has 0 unspecified atom stereocenters. The Kier molecular flexibility index (Phi) is 6.35. The van der Waals surface area contributed by atoms with Crippen molar-refractivity contribution in [2.24, 2.45) is 5.92 Å². The van der Waals surface area contributed by atoms with E-state index in [1.54, 1.807) is 12.1 Å². The van der Waals surface area contributed by atoms with E-state index < -0.39 is 10.0 Å². The highest BCUT2D eigenvalue weighted by molar-refractivity contribution is 7.89. The molecule has 32 heavy (non-hydrogen) atoms. The number of anilines is 1. The molecular weight excluding hydrogens is 422 g/mol.